The molecule has 1 aliphatic heterocycles. The molecule has 1 heterocycles. The molecule has 2 rings (SSSR count). The summed E-state index contributed by atoms with van der Waals surface area (Å²) in [6.45, 7) is 6.64. The highest BCUT2D eigenvalue weighted by molar-refractivity contribution is 6.31. The maximum atomic E-state index is 11.2. The van der Waals surface area contributed by atoms with Crippen molar-refractivity contribution in [3.63, 3.8) is 0 Å². The SMILES string of the molecule is CC(C)C1CCCN(c2cc(Cl)ccc2C=O)CC1. The Bertz CT molecular complexity index is 444. The molecule has 0 N–H and O–H groups in total. The lowest BCUT2D eigenvalue weighted by molar-refractivity contribution is 0.112. The third-order valence-corrected chi connectivity index (χ3v) is 4.41. The van der Waals surface area contributed by atoms with E-state index in [2.05, 4.69) is 18.7 Å². The van der Waals surface area contributed by atoms with Crippen LogP contribution in [0, 0.1) is 11.8 Å². The van der Waals surface area contributed by atoms with Crippen molar-refractivity contribution in [2.45, 2.75) is 33.1 Å². The van der Waals surface area contributed by atoms with Crippen LogP contribution in [0.15, 0.2) is 18.2 Å². The molecule has 0 aromatic heterocycles. The Morgan fingerprint density at radius 1 is 1.32 bits per heavy atom. The molecule has 0 bridgehead atoms. The average molecular weight is 280 g/mol. The third-order valence-electron chi connectivity index (χ3n) is 4.18. The van der Waals surface area contributed by atoms with Gasteiger partial charge in [-0.1, -0.05) is 25.4 Å². The van der Waals surface area contributed by atoms with Gasteiger partial charge in [0.05, 0.1) is 0 Å². The molecule has 1 fully saturated rings. The summed E-state index contributed by atoms with van der Waals surface area (Å²) in [5.74, 6) is 1.54. The minimum absolute atomic E-state index is 0.699. The van der Waals surface area contributed by atoms with Gasteiger partial charge in [-0.3, -0.25) is 4.79 Å². The largest absolute Gasteiger partial charge is 0.371 e. The number of anilines is 1. The van der Waals surface area contributed by atoms with Gasteiger partial charge in [0.2, 0.25) is 0 Å². The highest BCUT2D eigenvalue weighted by atomic mass is 35.5. The monoisotopic (exact) mass is 279 g/mol. The van der Waals surface area contributed by atoms with Gasteiger partial charge in [-0.15, -0.1) is 0 Å². The molecule has 104 valence electrons. The van der Waals surface area contributed by atoms with Crippen LogP contribution in [-0.4, -0.2) is 19.4 Å². The van der Waals surface area contributed by atoms with Gasteiger partial charge in [0, 0.05) is 29.4 Å². The Balaban J connectivity index is 2.18. The standard InChI is InChI=1S/C16H22ClNO/c1-12(2)13-4-3-8-18(9-7-13)16-10-15(17)6-5-14(16)11-19/h5-6,10-13H,3-4,7-9H2,1-2H3. The second-order valence-corrected chi connectivity index (χ2v) is 6.18. The van der Waals surface area contributed by atoms with Gasteiger partial charge in [-0.25, -0.2) is 0 Å². The molecule has 1 aromatic carbocycles. The number of carbonyl (C=O) groups is 1. The Hall–Kier alpha value is -1.02. The highest BCUT2D eigenvalue weighted by Gasteiger charge is 2.21. The van der Waals surface area contributed by atoms with Gasteiger partial charge in [0.25, 0.3) is 0 Å². The molecule has 0 saturated carbocycles. The van der Waals surface area contributed by atoms with Crippen LogP contribution in [0.5, 0.6) is 0 Å². The fourth-order valence-electron chi connectivity index (χ4n) is 2.92. The van der Waals surface area contributed by atoms with E-state index in [4.69, 9.17) is 11.6 Å². The van der Waals surface area contributed by atoms with Gasteiger partial charge in [-0.2, -0.15) is 0 Å². The highest BCUT2D eigenvalue weighted by Crippen LogP contribution is 2.30. The second-order valence-electron chi connectivity index (χ2n) is 5.74. The zero-order valence-corrected chi connectivity index (χ0v) is 12.5. The summed E-state index contributed by atoms with van der Waals surface area (Å²) in [6.07, 6.45) is 4.60. The van der Waals surface area contributed by atoms with Gasteiger partial charge in [0.15, 0.2) is 6.29 Å². The summed E-state index contributed by atoms with van der Waals surface area (Å²) in [7, 11) is 0. The van der Waals surface area contributed by atoms with Crippen molar-refractivity contribution in [2.24, 2.45) is 11.8 Å². The van der Waals surface area contributed by atoms with Crippen molar-refractivity contribution in [3.05, 3.63) is 28.8 Å². The minimum atomic E-state index is 0.699. The van der Waals surface area contributed by atoms with Crippen molar-refractivity contribution in [2.75, 3.05) is 18.0 Å². The van der Waals surface area contributed by atoms with E-state index < -0.39 is 0 Å². The first kappa shape index (κ1) is 14.4. The van der Waals surface area contributed by atoms with Gasteiger partial charge < -0.3 is 4.90 Å². The predicted octanol–water partition coefficient (Wildman–Crippen LogP) is 4.42. The smallest absolute Gasteiger partial charge is 0.152 e. The minimum Gasteiger partial charge on any atom is -0.371 e. The van der Waals surface area contributed by atoms with E-state index in [1.807, 2.05) is 12.1 Å². The van der Waals surface area contributed by atoms with Crippen molar-refractivity contribution in [1.82, 2.24) is 0 Å². The van der Waals surface area contributed by atoms with E-state index in [1.165, 1.54) is 19.3 Å². The summed E-state index contributed by atoms with van der Waals surface area (Å²) >= 11 is 6.07. The lowest BCUT2D eigenvalue weighted by atomic mass is 9.89. The van der Waals surface area contributed by atoms with E-state index in [0.29, 0.717) is 5.02 Å². The molecule has 2 nitrogen and oxygen atoms in total. The number of rotatable bonds is 3. The summed E-state index contributed by atoms with van der Waals surface area (Å²) in [6, 6.07) is 5.51. The first-order chi connectivity index (χ1) is 9.11. The average Bonchev–Trinajstić information content (AvgIpc) is 2.64. The van der Waals surface area contributed by atoms with Crippen LogP contribution in [0.25, 0.3) is 0 Å². The Kier molecular flexibility index (Phi) is 4.87. The molecule has 0 spiro atoms. The molecule has 1 unspecified atom stereocenters. The number of halogens is 1. The predicted molar refractivity (Wildman–Crippen MR) is 81.2 cm³/mol. The summed E-state index contributed by atoms with van der Waals surface area (Å²) < 4.78 is 0. The molecule has 3 heteroatoms. The van der Waals surface area contributed by atoms with E-state index in [-0.39, 0.29) is 0 Å². The Morgan fingerprint density at radius 3 is 2.79 bits per heavy atom. The molecule has 1 aromatic rings. The van der Waals surface area contributed by atoms with Gasteiger partial charge in [0.1, 0.15) is 0 Å². The molecule has 1 aliphatic rings. The topological polar surface area (TPSA) is 20.3 Å². The molecule has 1 atom stereocenters. The number of aldehydes is 1. The second kappa shape index (κ2) is 6.42. The zero-order chi connectivity index (χ0) is 13.8. The molecular weight excluding hydrogens is 258 g/mol. The molecule has 1 saturated heterocycles. The Labute approximate surface area is 120 Å². The van der Waals surface area contributed by atoms with Crippen molar-refractivity contribution in [3.8, 4) is 0 Å². The van der Waals surface area contributed by atoms with Crippen LogP contribution < -0.4 is 4.90 Å². The fourth-order valence-corrected chi connectivity index (χ4v) is 3.09. The van der Waals surface area contributed by atoms with Crippen LogP contribution in [0.3, 0.4) is 0 Å². The maximum absolute atomic E-state index is 11.2. The summed E-state index contributed by atoms with van der Waals surface area (Å²) in [5, 5.41) is 0.699. The van der Waals surface area contributed by atoms with Crippen molar-refractivity contribution in [1.29, 1.82) is 0 Å². The fraction of sp³-hybridized carbons (Fsp3) is 0.562. The lowest BCUT2D eigenvalue weighted by Gasteiger charge is -2.25. The van der Waals surface area contributed by atoms with Crippen molar-refractivity contribution < 1.29 is 4.79 Å². The summed E-state index contributed by atoms with van der Waals surface area (Å²) in [5.41, 5.74) is 1.74. The van der Waals surface area contributed by atoms with Crippen LogP contribution in [0.2, 0.25) is 5.02 Å². The van der Waals surface area contributed by atoms with Gasteiger partial charge >= 0.3 is 0 Å². The Morgan fingerprint density at radius 2 is 2.11 bits per heavy atom. The van der Waals surface area contributed by atoms with Crippen LogP contribution in [0.4, 0.5) is 5.69 Å². The van der Waals surface area contributed by atoms with Crippen LogP contribution in [0.1, 0.15) is 43.5 Å². The van der Waals surface area contributed by atoms with E-state index in [0.717, 1.165) is 42.5 Å². The normalized spacial score (nSPS) is 20.4. The van der Waals surface area contributed by atoms with Crippen LogP contribution in [-0.2, 0) is 0 Å². The zero-order valence-electron chi connectivity index (χ0n) is 11.7. The number of hydrogen-bond donors (Lipinski definition) is 0. The number of hydrogen-bond acceptors (Lipinski definition) is 2. The third kappa shape index (κ3) is 3.50. The van der Waals surface area contributed by atoms with E-state index >= 15 is 0 Å². The first-order valence-electron chi connectivity index (χ1n) is 7.11. The molecule has 0 amide bonds. The maximum Gasteiger partial charge on any atom is 0.152 e. The number of nitrogens with zero attached hydrogens (tertiary/aromatic N) is 1. The molecule has 19 heavy (non-hydrogen) atoms. The lowest BCUT2D eigenvalue weighted by Crippen LogP contribution is -2.25. The molecular formula is C16H22ClNO. The first-order valence-corrected chi connectivity index (χ1v) is 7.49. The molecule has 0 aliphatic carbocycles. The molecule has 0 radical (unpaired) electrons. The van der Waals surface area contributed by atoms with Crippen molar-refractivity contribution >= 4 is 23.6 Å². The van der Waals surface area contributed by atoms with Gasteiger partial charge in [-0.05, 0) is 49.3 Å². The number of benzene rings is 1. The number of carbonyl (C=O) groups excluding carboxylic acids is 1. The quantitative estimate of drug-likeness (QED) is 0.764. The van der Waals surface area contributed by atoms with Crippen LogP contribution >= 0.6 is 11.6 Å². The summed E-state index contributed by atoms with van der Waals surface area (Å²) in [4.78, 5) is 13.5. The van der Waals surface area contributed by atoms with E-state index in [9.17, 15) is 4.79 Å². The van der Waals surface area contributed by atoms with E-state index in [1.54, 1.807) is 6.07 Å².